The number of aromatic nitrogens is 5. The maximum atomic E-state index is 13.2. The van der Waals surface area contributed by atoms with Crippen molar-refractivity contribution in [2.45, 2.75) is 46.7 Å². The summed E-state index contributed by atoms with van der Waals surface area (Å²) in [6.07, 6.45) is 2.73. The van der Waals surface area contributed by atoms with Crippen LogP contribution in [0, 0.1) is 20.8 Å². The zero-order valence-electron chi connectivity index (χ0n) is 18.7. The Labute approximate surface area is 182 Å². The molecule has 0 spiro atoms. The third-order valence-electron chi connectivity index (χ3n) is 5.44. The first kappa shape index (κ1) is 20.8. The molecule has 7 nitrogen and oxygen atoms in total. The Hall–Kier alpha value is -3.48. The van der Waals surface area contributed by atoms with E-state index in [9.17, 15) is 4.79 Å². The summed E-state index contributed by atoms with van der Waals surface area (Å²) in [5, 5.41) is 13.0. The van der Waals surface area contributed by atoms with Gasteiger partial charge in [-0.25, -0.2) is 9.67 Å². The molecule has 0 aliphatic carbocycles. The Bertz CT molecular complexity index is 1240. The predicted molar refractivity (Wildman–Crippen MR) is 121 cm³/mol. The normalized spacial score (nSPS) is 12.3. The number of benzene rings is 1. The molecule has 1 atom stereocenters. The number of hydrogen-bond donors (Lipinski definition) is 1. The zero-order chi connectivity index (χ0) is 22.1. The van der Waals surface area contributed by atoms with E-state index in [4.69, 9.17) is 10.1 Å². The molecule has 0 bridgehead atoms. The van der Waals surface area contributed by atoms with E-state index in [1.807, 2.05) is 69.9 Å². The van der Waals surface area contributed by atoms with Gasteiger partial charge in [0.05, 0.1) is 28.9 Å². The summed E-state index contributed by atoms with van der Waals surface area (Å²) in [7, 11) is 1.91. The quantitative estimate of drug-likeness (QED) is 0.522. The first-order valence-corrected chi connectivity index (χ1v) is 10.5. The Morgan fingerprint density at radius 3 is 2.52 bits per heavy atom. The average molecular weight is 417 g/mol. The molecule has 1 N–H and O–H groups in total. The minimum Gasteiger partial charge on any atom is -0.349 e. The van der Waals surface area contributed by atoms with Crippen molar-refractivity contribution in [3.05, 3.63) is 76.4 Å². The number of hydrogen-bond acceptors (Lipinski definition) is 4. The third-order valence-corrected chi connectivity index (χ3v) is 5.44. The third kappa shape index (κ3) is 4.35. The monoisotopic (exact) mass is 416 g/mol. The fourth-order valence-electron chi connectivity index (χ4n) is 4.06. The molecular weight excluding hydrogens is 388 g/mol. The van der Waals surface area contributed by atoms with Crippen LogP contribution in [0.15, 0.2) is 42.6 Å². The molecule has 1 amide bonds. The summed E-state index contributed by atoms with van der Waals surface area (Å²) >= 11 is 0. The second-order valence-corrected chi connectivity index (χ2v) is 8.23. The van der Waals surface area contributed by atoms with Crippen LogP contribution in [0.3, 0.4) is 0 Å². The Morgan fingerprint density at radius 1 is 1.10 bits per heavy atom. The van der Waals surface area contributed by atoms with Gasteiger partial charge in [0, 0.05) is 25.0 Å². The van der Waals surface area contributed by atoms with Gasteiger partial charge in [-0.2, -0.15) is 10.2 Å². The van der Waals surface area contributed by atoms with Crippen LogP contribution in [0.1, 0.15) is 45.5 Å². The Balaban J connectivity index is 1.62. The number of carbonyl (C=O) groups is 1. The average Bonchev–Trinajstić information content (AvgIpc) is 3.19. The van der Waals surface area contributed by atoms with Crippen LogP contribution in [0.4, 0.5) is 0 Å². The molecule has 0 radical (unpaired) electrons. The highest BCUT2D eigenvalue weighted by Crippen LogP contribution is 2.23. The van der Waals surface area contributed by atoms with Gasteiger partial charge >= 0.3 is 0 Å². The lowest BCUT2D eigenvalue weighted by atomic mass is 10.1. The van der Waals surface area contributed by atoms with Crippen LogP contribution < -0.4 is 5.32 Å². The van der Waals surface area contributed by atoms with Crippen molar-refractivity contribution in [2.24, 2.45) is 7.05 Å². The van der Waals surface area contributed by atoms with E-state index in [-0.39, 0.29) is 11.9 Å². The summed E-state index contributed by atoms with van der Waals surface area (Å²) in [5.74, 6) is -0.105. The van der Waals surface area contributed by atoms with Gasteiger partial charge in [0.15, 0.2) is 5.65 Å². The molecule has 160 valence electrons. The van der Waals surface area contributed by atoms with Crippen molar-refractivity contribution in [1.29, 1.82) is 0 Å². The molecule has 0 aliphatic heterocycles. The van der Waals surface area contributed by atoms with E-state index in [1.165, 1.54) is 0 Å². The molecule has 0 aliphatic rings. The van der Waals surface area contributed by atoms with Gasteiger partial charge in [-0.3, -0.25) is 9.48 Å². The highest BCUT2D eigenvalue weighted by Gasteiger charge is 2.20. The van der Waals surface area contributed by atoms with Crippen LogP contribution >= 0.6 is 0 Å². The van der Waals surface area contributed by atoms with Crippen LogP contribution in [0.25, 0.3) is 11.0 Å². The molecule has 3 heterocycles. The molecule has 7 heteroatoms. The minimum absolute atomic E-state index is 0.0291. The van der Waals surface area contributed by atoms with E-state index in [0.29, 0.717) is 12.1 Å². The van der Waals surface area contributed by atoms with Crippen LogP contribution in [-0.4, -0.2) is 36.5 Å². The van der Waals surface area contributed by atoms with Gasteiger partial charge in [0.1, 0.15) is 0 Å². The summed E-state index contributed by atoms with van der Waals surface area (Å²) in [4.78, 5) is 17.9. The number of fused-ring (bicyclic) bond motifs is 1. The smallest absolute Gasteiger partial charge is 0.252 e. The Kier molecular flexibility index (Phi) is 5.59. The molecule has 0 saturated heterocycles. The van der Waals surface area contributed by atoms with Gasteiger partial charge in [0.2, 0.25) is 0 Å². The Morgan fingerprint density at radius 2 is 1.84 bits per heavy atom. The van der Waals surface area contributed by atoms with Crippen molar-refractivity contribution in [3.8, 4) is 0 Å². The molecule has 4 aromatic rings. The van der Waals surface area contributed by atoms with Gasteiger partial charge < -0.3 is 5.32 Å². The van der Waals surface area contributed by atoms with Gasteiger partial charge in [-0.05, 0) is 51.3 Å². The number of carbonyl (C=O) groups excluding carboxylic acids is 1. The lowest BCUT2D eigenvalue weighted by Gasteiger charge is -2.14. The number of aryl methyl sites for hydroxylation is 4. The fourth-order valence-corrected chi connectivity index (χ4v) is 4.06. The first-order chi connectivity index (χ1) is 14.8. The topological polar surface area (TPSA) is 77.6 Å². The summed E-state index contributed by atoms with van der Waals surface area (Å²) in [6, 6.07) is 12.0. The van der Waals surface area contributed by atoms with E-state index in [1.54, 1.807) is 4.68 Å². The van der Waals surface area contributed by atoms with Gasteiger partial charge in [0.25, 0.3) is 5.91 Å². The van der Waals surface area contributed by atoms with Crippen LogP contribution in [0.5, 0.6) is 0 Å². The minimum atomic E-state index is -0.105. The molecular formula is C24H28N6O. The maximum absolute atomic E-state index is 13.2. The number of nitrogens with one attached hydrogen (secondary N) is 1. The van der Waals surface area contributed by atoms with Crippen molar-refractivity contribution >= 4 is 16.9 Å². The van der Waals surface area contributed by atoms with Crippen molar-refractivity contribution < 1.29 is 4.79 Å². The lowest BCUT2D eigenvalue weighted by molar-refractivity contribution is 0.0941. The second-order valence-electron chi connectivity index (χ2n) is 8.23. The van der Waals surface area contributed by atoms with Gasteiger partial charge in [-0.1, -0.05) is 30.3 Å². The maximum Gasteiger partial charge on any atom is 0.252 e. The molecule has 1 unspecified atom stereocenters. The highest BCUT2D eigenvalue weighted by atomic mass is 16.1. The largest absolute Gasteiger partial charge is 0.349 e. The molecule has 31 heavy (non-hydrogen) atoms. The summed E-state index contributed by atoms with van der Waals surface area (Å²) in [6.45, 7) is 8.46. The summed E-state index contributed by atoms with van der Waals surface area (Å²) < 4.78 is 3.69. The molecule has 0 fully saturated rings. The van der Waals surface area contributed by atoms with Gasteiger partial charge in [-0.15, -0.1) is 0 Å². The lowest BCUT2D eigenvalue weighted by Crippen LogP contribution is -2.34. The van der Waals surface area contributed by atoms with Crippen molar-refractivity contribution in [2.75, 3.05) is 0 Å². The SMILES string of the molecule is Cc1cc(C(=O)NC(C)Cc2cn(C)nc2C)c2c(C)nn(Cc3ccccc3)c2n1. The molecule has 3 aromatic heterocycles. The highest BCUT2D eigenvalue weighted by molar-refractivity contribution is 6.06. The molecule has 0 saturated carbocycles. The predicted octanol–water partition coefficient (Wildman–Crippen LogP) is 3.50. The van der Waals surface area contributed by atoms with E-state index < -0.39 is 0 Å². The zero-order valence-corrected chi connectivity index (χ0v) is 18.7. The van der Waals surface area contributed by atoms with E-state index in [2.05, 4.69) is 22.5 Å². The fraction of sp³-hybridized carbons (Fsp3) is 0.333. The van der Waals surface area contributed by atoms with Crippen molar-refractivity contribution in [3.63, 3.8) is 0 Å². The number of rotatable bonds is 6. The summed E-state index contributed by atoms with van der Waals surface area (Å²) in [5.41, 5.74) is 6.22. The standard InChI is InChI=1S/C24H28N6O/c1-15(11-20-14-29(5)27-17(20)3)26-24(31)21-12-16(2)25-23-22(21)18(4)28-30(23)13-19-9-7-6-8-10-19/h6-10,12,14-15H,11,13H2,1-5H3,(H,26,31). The van der Waals surface area contributed by atoms with Crippen LogP contribution in [0.2, 0.25) is 0 Å². The molecule has 1 aromatic carbocycles. The van der Waals surface area contributed by atoms with E-state index >= 15 is 0 Å². The number of nitrogens with zero attached hydrogens (tertiary/aromatic N) is 5. The number of pyridine rings is 1. The number of amides is 1. The molecule has 4 rings (SSSR count). The van der Waals surface area contributed by atoms with Crippen molar-refractivity contribution in [1.82, 2.24) is 29.9 Å². The van der Waals surface area contributed by atoms with E-state index in [0.717, 1.165) is 45.7 Å². The first-order valence-electron chi connectivity index (χ1n) is 10.5. The van der Waals surface area contributed by atoms with Crippen LogP contribution in [-0.2, 0) is 20.0 Å². The second kappa shape index (κ2) is 8.34.